The fourth-order valence-corrected chi connectivity index (χ4v) is 4.76. The number of hydrogen-bond acceptors (Lipinski definition) is 4. The van der Waals surface area contributed by atoms with Gasteiger partial charge in [0, 0.05) is 17.4 Å². The van der Waals surface area contributed by atoms with Crippen LogP contribution in [0.15, 0.2) is 35.9 Å². The van der Waals surface area contributed by atoms with Crippen LogP contribution >= 0.6 is 0 Å². The van der Waals surface area contributed by atoms with Gasteiger partial charge in [-0.05, 0) is 75.6 Å². The molecule has 0 spiro atoms. The summed E-state index contributed by atoms with van der Waals surface area (Å²) < 4.78 is 7.75. The van der Waals surface area contributed by atoms with Gasteiger partial charge in [-0.1, -0.05) is 19.3 Å². The molecule has 7 heteroatoms. The number of carbonyl (C=O) groups is 3. The van der Waals surface area contributed by atoms with Gasteiger partial charge in [0.05, 0.1) is 12.3 Å². The summed E-state index contributed by atoms with van der Waals surface area (Å²) in [6, 6.07) is 8.35. The standard InChI is InChI=1S/C25H29N3O4/c1-4-32-21-12-10-20(11-13-21)28-24(30)22(23(29)26-25(28)31)15-18-14-16(2)27(17(18)3)19-8-6-5-7-9-19/h10-15,19H,4-9H2,1-3H3,(H,26,29,31)/b22-15+. The lowest BCUT2D eigenvalue weighted by molar-refractivity contribution is -0.122. The Morgan fingerprint density at radius 3 is 2.41 bits per heavy atom. The molecule has 1 saturated heterocycles. The van der Waals surface area contributed by atoms with Crippen LogP contribution in [0.4, 0.5) is 10.5 Å². The number of carbonyl (C=O) groups excluding carboxylic acids is 3. The molecule has 1 aromatic heterocycles. The minimum Gasteiger partial charge on any atom is -0.494 e. The third-order valence-electron chi connectivity index (χ3n) is 6.27. The third kappa shape index (κ3) is 4.07. The zero-order valence-electron chi connectivity index (χ0n) is 18.8. The molecule has 0 atom stereocenters. The van der Waals surface area contributed by atoms with E-state index in [0.29, 0.717) is 24.1 Å². The maximum atomic E-state index is 13.2. The van der Waals surface area contributed by atoms with Crippen LogP contribution in [0.25, 0.3) is 6.08 Å². The van der Waals surface area contributed by atoms with Gasteiger partial charge in [0.1, 0.15) is 11.3 Å². The Kier molecular flexibility index (Phi) is 6.17. The number of aromatic nitrogens is 1. The molecule has 32 heavy (non-hydrogen) atoms. The minimum atomic E-state index is -0.756. The van der Waals surface area contributed by atoms with Crippen LogP contribution in [-0.2, 0) is 9.59 Å². The monoisotopic (exact) mass is 435 g/mol. The first kappa shape index (κ1) is 21.9. The SMILES string of the molecule is CCOc1ccc(N2C(=O)NC(=O)/C(=C\c3cc(C)n(C4CCCCC4)c3C)C2=O)cc1. The average Bonchev–Trinajstić information content (AvgIpc) is 3.06. The minimum absolute atomic E-state index is 0.0534. The molecule has 1 aromatic carbocycles. The molecule has 1 saturated carbocycles. The van der Waals surface area contributed by atoms with E-state index in [-0.39, 0.29) is 5.57 Å². The van der Waals surface area contributed by atoms with Crippen molar-refractivity contribution in [2.24, 2.45) is 0 Å². The molecule has 1 aliphatic carbocycles. The molecule has 1 aliphatic heterocycles. The number of nitrogens with one attached hydrogen (secondary N) is 1. The molecule has 168 valence electrons. The van der Waals surface area contributed by atoms with E-state index in [1.165, 1.54) is 19.3 Å². The number of benzene rings is 1. The highest BCUT2D eigenvalue weighted by Gasteiger charge is 2.37. The second kappa shape index (κ2) is 9.02. The van der Waals surface area contributed by atoms with Gasteiger partial charge < -0.3 is 9.30 Å². The maximum absolute atomic E-state index is 13.2. The lowest BCUT2D eigenvalue weighted by atomic mass is 9.95. The second-order valence-electron chi connectivity index (χ2n) is 8.37. The second-order valence-corrected chi connectivity index (χ2v) is 8.37. The van der Waals surface area contributed by atoms with E-state index >= 15 is 0 Å². The Balaban J connectivity index is 1.66. The lowest BCUT2D eigenvalue weighted by Crippen LogP contribution is -2.54. The number of urea groups is 1. The number of barbiturate groups is 1. The zero-order chi connectivity index (χ0) is 22.8. The average molecular weight is 436 g/mol. The van der Waals surface area contributed by atoms with E-state index in [0.717, 1.165) is 34.7 Å². The summed E-state index contributed by atoms with van der Waals surface area (Å²) in [7, 11) is 0. The van der Waals surface area contributed by atoms with Crippen molar-refractivity contribution in [1.29, 1.82) is 0 Å². The van der Waals surface area contributed by atoms with E-state index in [4.69, 9.17) is 4.74 Å². The Morgan fingerprint density at radius 2 is 1.75 bits per heavy atom. The Bertz CT molecular complexity index is 1080. The fraction of sp³-hybridized carbons (Fsp3) is 0.400. The molecule has 2 heterocycles. The van der Waals surface area contributed by atoms with Crippen molar-refractivity contribution in [2.75, 3.05) is 11.5 Å². The first-order valence-corrected chi connectivity index (χ1v) is 11.2. The van der Waals surface area contributed by atoms with E-state index in [1.807, 2.05) is 19.9 Å². The van der Waals surface area contributed by atoms with Crippen LogP contribution in [0.3, 0.4) is 0 Å². The zero-order valence-corrected chi connectivity index (χ0v) is 18.8. The molecule has 4 amide bonds. The highest BCUT2D eigenvalue weighted by molar-refractivity contribution is 6.39. The number of ether oxygens (including phenoxy) is 1. The van der Waals surface area contributed by atoms with Gasteiger partial charge in [0.15, 0.2) is 0 Å². The van der Waals surface area contributed by atoms with Crippen molar-refractivity contribution in [3.63, 3.8) is 0 Å². The van der Waals surface area contributed by atoms with Crippen LogP contribution in [0.5, 0.6) is 5.75 Å². The lowest BCUT2D eigenvalue weighted by Gasteiger charge is -2.27. The van der Waals surface area contributed by atoms with Crippen molar-refractivity contribution >= 4 is 29.6 Å². The van der Waals surface area contributed by atoms with Crippen molar-refractivity contribution < 1.29 is 19.1 Å². The van der Waals surface area contributed by atoms with E-state index in [2.05, 4.69) is 16.8 Å². The molecular formula is C25H29N3O4. The molecule has 4 rings (SSSR count). The molecule has 2 aromatic rings. The van der Waals surface area contributed by atoms with Crippen molar-refractivity contribution in [2.45, 2.75) is 58.9 Å². The van der Waals surface area contributed by atoms with Crippen LogP contribution in [0.1, 0.15) is 62.0 Å². The number of hydrogen-bond donors (Lipinski definition) is 1. The summed E-state index contributed by atoms with van der Waals surface area (Å²) in [5.74, 6) is -0.668. The summed E-state index contributed by atoms with van der Waals surface area (Å²) in [5.41, 5.74) is 3.30. The molecule has 0 unspecified atom stereocenters. The molecule has 0 radical (unpaired) electrons. The third-order valence-corrected chi connectivity index (χ3v) is 6.27. The van der Waals surface area contributed by atoms with Gasteiger partial charge in [0.25, 0.3) is 11.8 Å². The quantitative estimate of drug-likeness (QED) is 0.546. The van der Waals surface area contributed by atoms with Crippen LogP contribution in [0, 0.1) is 13.8 Å². The number of aryl methyl sites for hydroxylation is 1. The van der Waals surface area contributed by atoms with Gasteiger partial charge in [0.2, 0.25) is 0 Å². The van der Waals surface area contributed by atoms with Crippen molar-refractivity contribution in [3.05, 3.63) is 52.9 Å². The highest BCUT2D eigenvalue weighted by Crippen LogP contribution is 2.33. The van der Waals surface area contributed by atoms with E-state index in [1.54, 1.807) is 30.3 Å². The number of nitrogens with zero attached hydrogens (tertiary/aromatic N) is 2. The summed E-state index contributed by atoms with van der Waals surface area (Å²) in [5, 5.41) is 2.29. The smallest absolute Gasteiger partial charge is 0.335 e. The molecule has 7 nitrogen and oxygen atoms in total. The predicted octanol–water partition coefficient (Wildman–Crippen LogP) is 4.68. The first-order valence-electron chi connectivity index (χ1n) is 11.2. The Morgan fingerprint density at radius 1 is 1.06 bits per heavy atom. The van der Waals surface area contributed by atoms with Crippen molar-refractivity contribution in [3.8, 4) is 5.75 Å². The molecule has 0 bridgehead atoms. The number of amides is 4. The molecule has 1 N–H and O–H groups in total. The van der Waals surface area contributed by atoms with E-state index in [9.17, 15) is 14.4 Å². The predicted molar refractivity (Wildman–Crippen MR) is 123 cm³/mol. The number of anilines is 1. The van der Waals surface area contributed by atoms with Gasteiger partial charge in [-0.25, -0.2) is 9.69 Å². The summed E-state index contributed by atoms with van der Waals surface area (Å²) in [6.07, 6.45) is 7.61. The summed E-state index contributed by atoms with van der Waals surface area (Å²) >= 11 is 0. The van der Waals surface area contributed by atoms with E-state index < -0.39 is 17.8 Å². The first-order chi connectivity index (χ1) is 15.4. The van der Waals surface area contributed by atoms with Crippen LogP contribution < -0.4 is 15.0 Å². The van der Waals surface area contributed by atoms with Gasteiger partial charge in [-0.15, -0.1) is 0 Å². The maximum Gasteiger partial charge on any atom is 0.335 e. The molecular weight excluding hydrogens is 406 g/mol. The van der Waals surface area contributed by atoms with Crippen LogP contribution in [-0.4, -0.2) is 29.0 Å². The normalized spacial score (nSPS) is 18.9. The Hall–Kier alpha value is -3.35. The number of rotatable bonds is 5. The van der Waals surface area contributed by atoms with Gasteiger partial charge in [-0.2, -0.15) is 0 Å². The topological polar surface area (TPSA) is 80.6 Å². The van der Waals surface area contributed by atoms with Gasteiger partial charge >= 0.3 is 6.03 Å². The number of imide groups is 2. The van der Waals surface area contributed by atoms with Crippen molar-refractivity contribution in [1.82, 2.24) is 9.88 Å². The molecule has 2 aliphatic rings. The molecule has 2 fully saturated rings. The Labute approximate surface area is 188 Å². The fourth-order valence-electron chi connectivity index (χ4n) is 4.76. The summed E-state index contributed by atoms with van der Waals surface area (Å²) in [6.45, 7) is 6.48. The summed E-state index contributed by atoms with van der Waals surface area (Å²) in [4.78, 5) is 39.2. The largest absolute Gasteiger partial charge is 0.494 e. The van der Waals surface area contributed by atoms with Crippen LogP contribution in [0.2, 0.25) is 0 Å². The van der Waals surface area contributed by atoms with Gasteiger partial charge in [-0.3, -0.25) is 14.9 Å². The highest BCUT2D eigenvalue weighted by atomic mass is 16.5.